The van der Waals surface area contributed by atoms with Gasteiger partial charge in [0.1, 0.15) is 5.69 Å². The molecule has 0 spiro atoms. The quantitative estimate of drug-likeness (QED) is 0.681. The molecule has 0 amide bonds. The maximum Gasteiger partial charge on any atom is 0.183 e. The van der Waals surface area contributed by atoms with Crippen molar-refractivity contribution in [2.75, 3.05) is 5.32 Å². The second kappa shape index (κ2) is 6.12. The number of pyridine rings is 1. The number of hydrogen-bond donors (Lipinski definition) is 3. The Kier molecular flexibility index (Phi) is 3.81. The maximum absolute atomic E-state index is 14.1. The van der Waals surface area contributed by atoms with Crippen LogP contribution in [0.5, 0.6) is 0 Å². The second-order valence-corrected chi connectivity index (χ2v) is 6.13. The van der Waals surface area contributed by atoms with Crippen molar-refractivity contribution < 1.29 is 4.39 Å². The molecule has 1 fully saturated rings. The van der Waals surface area contributed by atoms with Crippen molar-refractivity contribution in [3.8, 4) is 11.5 Å². The van der Waals surface area contributed by atoms with Gasteiger partial charge in [0.15, 0.2) is 23.1 Å². The van der Waals surface area contributed by atoms with Crippen molar-refractivity contribution in [2.24, 2.45) is 5.73 Å². The van der Waals surface area contributed by atoms with Crippen molar-refractivity contribution in [1.82, 2.24) is 25.1 Å². The number of hydrogen-bond acceptors (Lipinski definition) is 6. The van der Waals surface area contributed by atoms with Gasteiger partial charge in [-0.15, -0.1) is 0 Å². The summed E-state index contributed by atoms with van der Waals surface area (Å²) < 4.78 is 14.1. The number of anilines is 1. The monoisotopic (exact) mass is 327 g/mol. The molecule has 0 aliphatic heterocycles. The number of halogens is 1. The third kappa shape index (κ3) is 2.80. The first-order chi connectivity index (χ1) is 11.7. The molecule has 1 aliphatic carbocycles. The number of aromatic amines is 1. The highest BCUT2D eigenvalue weighted by Gasteiger charge is 2.21. The zero-order valence-corrected chi connectivity index (χ0v) is 13.0. The van der Waals surface area contributed by atoms with Gasteiger partial charge >= 0.3 is 0 Å². The Morgan fingerprint density at radius 2 is 2.21 bits per heavy atom. The summed E-state index contributed by atoms with van der Waals surface area (Å²) in [7, 11) is 0. The molecular weight excluding hydrogens is 309 g/mol. The molecule has 3 aromatic heterocycles. The van der Waals surface area contributed by atoms with Crippen molar-refractivity contribution in [2.45, 2.75) is 37.8 Å². The van der Waals surface area contributed by atoms with Gasteiger partial charge in [-0.25, -0.2) is 19.3 Å². The largest absolute Gasteiger partial charge is 0.365 e. The molecule has 124 valence electrons. The van der Waals surface area contributed by atoms with Crippen LogP contribution in [0, 0.1) is 5.82 Å². The minimum atomic E-state index is -0.472. The van der Waals surface area contributed by atoms with Gasteiger partial charge in [0.2, 0.25) is 0 Å². The van der Waals surface area contributed by atoms with E-state index in [0.29, 0.717) is 17.2 Å². The molecule has 0 aromatic carbocycles. The molecule has 0 bridgehead atoms. The van der Waals surface area contributed by atoms with Crippen LogP contribution in [0.25, 0.3) is 22.6 Å². The molecule has 3 heterocycles. The van der Waals surface area contributed by atoms with Gasteiger partial charge in [-0.2, -0.15) is 5.10 Å². The molecule has 0 radical (unpaired) electrons. The first kappa shape index (κ1) is 14.9. The van der Waals surface area contributed by atoms with E-state index >= 15 is 0 Å². The third-order valence-electron chi connectivity index (χ3n) is 4.35. The van der Waals surface area contributed by atoms with Crippen LogP contribution < -0.4 is 11.1 Å². The van der Waals surface area contributed by atoms with E-state index in [0.717, 1.165) is 31.1 Å². The zero-order chi connectivity index (χ0) is 16.5. The average molecular weight is 327 g/mol. The lowest BCUT2D eigenvalue weighted by atomic mass is 9.92. The van der Waals surface area contributed by atoms with Gasteiger partial charge in [0.25, 0.3) is 0 Å². The lowest BCUT2D eigenvalue weighted by Crippen LogP contribution is -2.35. The summed E-state index contributed by atoms with van der Waals surface area (Å²) in [5, 5.41) is 11.0. The number of nitrogens with one attached hydrogen (secondary N) is 2. The van der Waals surface area contributed by atoms with Crippen LogP contribution in [0.1, 0.15) is 25.7 Å². The molecule has 4 N–H and O–H groups in total. The number of rotatable bonds is 3. The lowest BCUT2D eigenvalue weighted by Gasteiger charge is -2.27. The summed E-state index contributed by atoms with van der Waals surface area (Å²) in [5.41, 5.74) is 7.20. The lowest BCUT2D eigenvalue weighted by molar-refractivity contribution is 0.407. The Hall–Kier alpha value is -2.61. The predicted octanol–water partition coefficient (Wildman–Crippen LogP) is 2.24. The second-order valence-electron chi connectivity index (χ2n) is 6.13. The summed E-state index contributed by atoms with van der Waals surface area (Å²) in [6.45, 7) is 0. The summed E-state index contributed by atoms with van der Waals surface area (Å²) >= 11 is 0. The molecule has 2 atom stereocenters. The van der Waals surface area contributed by atoms with Crippen LogP contribution in [0.4, 0.5) is 10.2 Å². The minimum Gasteiger partial charge on any atom is -0.365 e. The highest BCUT2D eigenvalue weighted by Crippen LogP contribution is 2.25. The van der Waals surface area contributed by atoms with E-state index in [1.807, 2.05) is 12.1 Å². The summed E-state index contributed by atoms with van der Waals surface area (Å²) in [6, 6.07) is 3.98. The van der Waals surface area contributed by atoms with Crippen LogP contribution in [-0.4, -0.2) is 37.2 Å². The number of fused-ring (bicyclic) bond motifs is 1. The molecule has 1 saturated carbocycles. The summed E-state index contributed by atoms with van der Waals surface area (Å²) in [5.74, 6) is 0.111. The third-order valence-corrected chi connectivity index (χ3v) is 4.35. The van der Waals surface area contributed by atoms with Crippen molar-refractivity contribution in [3.05, 3.63) is 30.3 Å². The van der Waals surface area contributed by atoms with Crippen LogP contribution in [0.2, 0.25) is 0 Å². The number of H-pyrrole nitrogens is 1. The standard InChI is InChI=1S/C16H18FN7/c17-12-8-20-16(13-11-5-2-6-19-14(11)24-23-13)22-15(12)21-10-4-1-3-9(18)7-10/h2,5-6,8-10H,1,3-4,7,18H2,(H,19,23,24)(H,20,21,22). The fraction of sp³-hybridized carbons (Fsp3) is 0.375. The van der Waals surface area contributed by atoms with E-state index in [4.69, 9.17) is 5.73 Å². The van der Waals surface area contributed by atoms with Gasteiger partial charge in [-0.3, -0.25) is 5.10 Å². The van der Waals surface area contributed by atoms with E-state index in [2.05, 4.69) is 30.5 Å². The molecule has 24 heavy (non-hydrogen) atoms. The first-order valence-corrected chi connectivity index (χ1v) is 8.05. The van der Waals surface area contributed by atoms with Crippen molar-refractivity contribution >= 4 is 16.9 Å². The smallest absolute Gasteiger partial charge is 0.183 e. The highest BCUT2D eigenvalue weighted by molar-refractivity contribution is 5.88. The minimum absolute atomic E-state index is 0.131. The molecular formula is C16H18FN7. The van der Waals surface area contributed by atoms with Crippen LogP contribution in [-0.2, 0) is 0 Å². The normalized spacial score (nSPS) is 21.1. The Morgan fingerprint density at radius 3 is 3.08 bits per heavy atom. The van der Waals surface area contributed by atoms with E-state index < -0.39 is 5.82 Å². The van der Waals surface area contributed by atoms with E-state index in [-0.39, 0.29) is 17.9 Å². The molecule has 8 heteroatoms. The number of aromatic nitrogens is 5. The molecule has 4 rings (SSSR count). The predicted molar refractivity (Wildman–Crippen MR) is 88.7 cm³/mol. The van der Waals surface area contributed by atoms with E-state index in [9.17, 15) is 4.39 Å². The molecule has 2 unspecified atom stereocenters. The van der Waals surface area contributed by atoms with Gasteiger partial charge in [-0.05, 0) is 37.8 Å². The molecule has 7 nitrogen and oxygen atoms in total. The Bertz CT molecular complexity index is 863. The molecule has 3 aromatic rings. The summed E-state index contributed by atoms with van der Waals surface area (Å²) in [6.07, 6.45) is 6.67. The number of nitrogens with zero attached hydrogens (tertiary/aromatic N) is 4. The van der Waals surface area contributed by atoms with Gasteiger partial charge < -0.3 is 11.1 Å². The fourth-order valence-electron chi connectivity index (χ4n) is 3.16. The summed E-state index contributed by atoms with van der Waals surface area (Å²) in [4.78, 5) is 12.6. The van der Waals surface area contributed by atoms with Crippen molar-refractivity contribution in [3.63, 3.8) is 0 Å². The Labute approximate surface area is 137 Å². The Morgan fingerprint density at radius 1 is 1.29 bits per heavy atom. The van der Waals surface area contributed by atoms with Crippen LogP contribution in [0.3, 0.4) is 0 Å². The fourth-order valence-corrected chi connectivity index (χ4v) is 3.16. The highest BCUT2D eigenvalue weighted by atomic mass is 19.1. The first-order valence-electron chi connectivity index (χ1n) is 8.05. The molecule has 0 saturated heterocycles. The topological polar surface area (TPSA) is 105 Å². The van der Waals surface area contributed by atoms with Crippen LogP contribution >= 0.6 is 0 Å². The SMILES string of the molecule is NC1CCCC(Nc2nc(-c3[nH]nc4ncccc34)ncc2F)C1. The van der Waals surface area contributed by atoms with Crippen molar-refractivity contribution in [1.29, 1.82) is 0 Å². The average Bonchev–Trinajstić information content (AvgIpc) is 3.01. The number of nitrogens with two attached hydrogens (primary N) is 1. The van der Waals surface area contributed by atoms with E-state index in [1.165, 1.54) is 6.20 Å². The van der Waals surface area contributed by atoms with Gasteiger partial charge in [0, 0.05) is 23.7 Å². The van der Waals surface area contributed by atoms with E-state index in [1.54, 1.807) is 6.20 Å². The molecule has 1 aliphatic rings. The van der Waals surface area contributed by atoms with Gasteiger partial charge in [0.05, 0.1) is 6.20 Å². The Balaban J connectivity index is 1.66. The van der Waals surface area contributed by atoms with Crippen LogP contribution in [0.15, 0.2) is 24.5 Å². The zero-order valence-electron chi connectivity index (χ0n) is 13.0. The maximum atomic E-state index is 14.1. The van der Waals surface area contributed by atoms with Gasteiger partial charge in [-0.1, -0.05) is 0 Å².